The summed E-state index contributed by atoms with van der Waals surface area (Å²) in [6.45, 7) is 11.0. The van der Waals surface area contributed by atoms with E-state index in [0.29, 0.717) is 25.4 Å². The van der Waals surface area contributed by atoms with E-state index in [2.05, 4.69) is 23.8 Å². The number of carbonyl (C=O) groups excluding carboxylic acids is 2. The molecule has 0 radical (unpaired) electrons. The molecule has 0 aliphatic carbocycles. The Bertz CT molecular complexity index is 603. The van der Waals surface area contributed by atoms with Gasteiger partial charge in [-0.1, -0.05) is 34.6 Å². The van der Waals surface area contributed by atoms with Crippen molar-refractivity contribution >= 4 is 11.7 Å². The molecule has 126 valence electrons. The molecule has 0 bridgehead atoms. The van der Waals surface area contributed by atoms with Gasteiger partial charge in [-0.05, 0) is 0 Å². The third-order valence-corrected chi connectivity index (χ3v) is 4.22. The van der Waals surface area contributed by atoms with Crippen LogP contribution in [-0.4, -0.2) is 33.1 Å². The van der Waals surface area contributed by atoms with Crippen molar-refractivity contribution in [2.45, 2.75) is 66.3 Å². The summed E-state index contributed by atoms with van der Waals surface area (Å²) in [6, 6.07) is 0. The second-order valence-corrected chi connectivity index (χ2v) is 7.59. The van der Waals surface area contributed by atoms with E-state index in [-0.39, 0.29) is 23.5 Å². The number of nitrogens with zero attached hydrogens (tertiary/aromatic N) is 3. The second kappa shape index (κ2) is 6.77. The summed E-state index contributed by atoms with van der Waals surface area (Å²) in [4.78, 5) is 35.1. The first-order valence-corrected chi connectivity index (χ1v) is 8.34. The summed E-state index contributed by atoms with van der Waals surface area (Å²) < 4.78 is 0. The molecule has 0 saturated carbocycles. The van der Waals surface area contributed by atoms with Gasteiger partial charge in [0.05, 0.1) is 5.69 Å². The topological polar surface area (TPSA) is 63.2 Å². The summed E-state index contributed by atoms with van der Waals surface area (Å²) >= 11 is 0. The maximum atomic E-state index is 12.3. The van der Waals surface area contributed by atoms with Crippen LogP contribution < -0.4 is 0 Å². The lowest BCUT2D eigenvalue weighted by atomic mass is 9.88. The number of hydrogen-bond donors (Lipinski definition) is 0. The summed E-state index contributed by atoms with van der Waals surface area (Å²) in [5.74, 6) is 1.34. The van der Waals surface area contributed by atoms with Gasteiger partial charge in [-0.15, -0.1) is 0 Å². The number of Topliss-reactive ketones (excluding diaryl/α,β-unsaturated/α-hetero) is 1. The Morgan fingerprint density at radius 1 is 1.26 bits per heavy atom. The fraction of sp³-hybridized carbons (Fsp3) is 0.667. The Kier molecular flexibility index (Phi) is 5.17. The molecular formula is C18H27N3O2. The number of ketones is 1. The number of carbonyl (C=O) groups is 2. The molecule has 5 heteroatoms. The molecule has 0 aromatic carbocycles. The van der Waals surface area contributed by atoms with Crippen molar-refractivity contribution < 1.29 is 9.59 Å². The smallest absolute Gasteiger partial charge is 0.223 e. The zero-order valence-corrected chi connectivity index (χ0v) is 14.8. The maximum absolute atomic E-state index is 12.3. The van der Waals surface area contributed by atoms with Gasteiger partial charge in [0.2, 0.25) is 5.91 Å². The Morgan fingerprint density at radius 3 is 2.57 bits per heavy atom. The lowest BCUT2D eigenvalue weighted by Crippen LogP contribution is -2.37. The number of amides is 1. The van der Waals surface area contributed by atoms with E-state index in [1.54, 1.807) is 0 Å². The van der Waals surface area contributed by atoms with Crippen molar-refractivity contribution in [3.8, 4) is 0 Å². The van der Waals surface area contributed by atoms with E-state index in [1.165, 1.54) is 0 Å². The predicted molar refractivity (Wildman–Crippen MR) is 88.9 cm³/mol. The highest BCUT2D eigenvalue weighted by Gasteiger charge is 2.25. The zero-order chi connectivity index (χ0) is 17.2. The predicted octanol–water partition coefficient (Wildman–Crippen LogP) is 2.88. The van der Waals surface area contributed by atoms with Gasteiger partial charge in [-0.3, -0.25) is 9.59 Å². The van der Waals surface area contributed by atoms with Crippen molar-refractivity contribution in [1.29, 1.82) is 0 Å². The molecule has 2 rings (SSSR count). The van der Waals surface area contributed by atoms with E-state index in [4.69, 9.17) is 0 Å². The van der Waals surface area contributed by atoms with Gasteiger partial charge in [-0.2, -0.15) is 0 Å². The van der Waals surface area contributed by atoms with Crippen LogP contribution in [0.15, 0.2) is 6.20 Å². The molecule has 1 aromatic heterocycles. The third-order valence-electron chi connectivity index (χ3n) is 4.22. The van der Waals surface area contributed by atoms with Gasteiger partial charge in [-0.25, -0.2) is 9.97 Å². The summed E-state index contributed by atoms with van der Waals surface area (Å²) in [5, 5.41) is 0. The van der Waals surface area contributed by atoms with Crippen LogP contribution in [0.5, 0.6) is 0 Å². The Morgan fingerprint density at radius 2 is 1.96 bits per heavy atom. The van der Waals surface area contributed by atoms with E-state index >= 15 is 0 Å². The van der Waals surface area contributed by atoms with Crippen LogP contribution in [0.1, 0.15) is 70.5 Å². The van der Waals surface area contributed by atoms with Crippen molar-refractivity contribution in [2.75, 3.05) is 6.54 Å². The van der Waals surface area contributed by atoms with E-state index < -0.39 is 0 Å². The molecule has 5 nitrogen and oxygen atoms in total. The van der Waals surface area contributed by atoms with Crippen molar-refractivity contribution in [2.24, 2.45) is 5.41 Å². The van der Waals surface area contributed by atoms with E-state index in [9.17, 15) is 9.59 Å². The maximum Gasteiger partial charge on any atom is 0.223 e. The average molecular weight is 317 g/mol. The normalized spacial score (nSPS) is 14.8. The molecule has 0 fully saturated rings. The largest absolute Gasteiger partial charge is 0.338 e. The quantitative estimate of drug-likeness (QED) is 0.856. The molecule has 0 saturated heterocycles. The highest BCUT2D eigenvalue weighted by molar-refractivity contribution is 5.88. The van der Waals surface area contributed by atoms with Crippen LogP contribution in [0.3, 0.4) is 0 Å². The van der Waals surface area contributed by atoms with E-state index in [0.717, 1.165) is 23.5 Å². The minimum atomic E-state index is -0.379. The highest BCUT2D eigenvalue weighted by atomic mass is 16.2. The first kappa shape index (κ1) is 17.6. The van der Waals surface area contributed by atoms with Crippen molar-refractivity contribution in [3.63, 3.8) is 0 Å². The number of aromatic nitrogens is 2. The van der Waals surface area contributed by atoms with Crippen LogP contribution in [0.25, 0.3) is 0 Å². The molecule has 23 heavy (non-hydrogen) atoms. The van der Waals surface area contributed by atoms with Crippen LogP contribution in [0, 0.1) is 5.41 Å². The van der Waals surface area contributed by atoms with Crippen LogP contribution in [-0.2, 0) is 22.6 Å². The average Bonchev–Trinajstić information content (AvgIpc) is 2.50. The molecule has 1 aromatic rings. The molecule has 1 aliphatic rings. The van der Waals surface area contributed by atoms with Crippen LogP contribution in [0.4, 0.5) is 0 Å². The number of rotatable bonds is 4. The molecule has 1 amide bonds. The molecule has 0 atom stereocenters. The third kappa shape index (κ3) is 4.36. The van der Waals surface area contributed by atoms with Crippen LogP contribution >= 0.6 is 0 Å². The zero-order valence-electron chi connectivity index (χ0n) is 14.8. The van der Waals surface area contributed by atoms with Crippen molar-refractivity contribution in [1.82, 2.24) is 14.9 Å². The number of hydrogen-bond acceptors (Lipinski definition) is 4. The molecule has 2 heterocycles. The summed E-state index contributed by atoms with van der Waals surface area (Å²) in [5.41, 5.74) is 1.70. The van der Waals surface area contributed by atoms with E-state index in [1.807, 2.05) is 31.9 Å². The number of fused-ring (bicyclic) bond motifs is 1. The Hall–Kier alpha value is -1.78. The minimum Gasteiger partial charge on any atom is -0.338 e. The second-order valence-electron chi connectivity index (χ2n) is 7.59. The standard InChI is InChI=1S/C18H27N3O2/c1-12(2)17-19-10-13-11-21(9-8-14(13)20-17)16(23)7-6-15(22)18(3,4)5/h10,12H,6-9,11H2,1-5H3. The van der Waals surface area contributed by atoms with Gasteiger partial charge in [0.15, 0.2) is 0 Å². The van der Waals surface area contributed by atoms with Gasteiger partial charge in [0, 0.05) is 55.4 Å². The molecular weight excluding hydrogens is 290 g/mol. The SMILES string of the molecule is CC(C)c1ncc2c(n1)CCN(C(=O)CCC(=O)C(C)(C)C)C2. The lowest BCUT2D eigenvalue weighted by Gasteiger charge is -2.28. The fourth-order valence-electron chi connectivity index (χ4n) is 2.58. The van der Waals surface area contributed by atoms with Crippen molar-refractivity contribution in [3.05, 3.63) is 23.3 Å². The molecule has 1 aliphatic heterocycles. The van der Waals surface area contributed by atoms with Gasteiger partial charge in [0.1, 0.15) is 11.6 Å². The highest BCUT2D eigenvalue weighted by Crippen LogP contribution is 2.21. The van der Waals surface area contributed by atoms with Gasteiger partial charge in [0.25, 0.3) is 0 Å². The lowest BCUT2D eigenvalue weighted by molar-refractivity contribution is -0.135. The Balaban J connectivity index is 1.97. The Labute approximate surface area is 138 Å². The summed E-state index contributed by atoms with van der Waals surface area (Å²) in [6.07, 6.45) is 3.21. The summed E-state index contributed by atoms with van der Waals surface area (Å²) in [7, 11) is 0. The molecule has 0 spiro atoms. The minimum absolute atomic E-state index is 0.0428. The fourth-order valence-corrected chi connectivity index (χ4v) is 2.58. The molecule has 0 unspecified atom stereocenters. The first-order chi connectivity index (χ1) is 10.7. The first-order valence-electron chi connectivity index (χ1n) is 8.34. The monoisotopic (exact) mass is 317 g/mol. The molecule has 0 N–H and O–H groups in total. The van der Waals surface area contributed by atoms with Gasteiger partial charge < -0.3 is 4.90 Å². The van der Waals surface area contributed by atoms with Gasteiger partial charge >= 0.3 is 0 Å². The van der Waals surface area contributed by atoms with Crippen LogP contribution in [0.2, 0.25) is 0 Å².